The molecule has 0 aromatic carbocycles. The molecule has 2 heterocycles. The van der Waals surface area contributed by atoms with Gasteiger partial charge < -0.3 is 15.6 Å². The molecule has 1 fully saturated rings. The van der Waals surface area contributed by atoms with E-state index in [1.54, 1.807) is 0 Å². The number of aromatic nitrogens is 1. The Morgan fingerprint density at radius 3 is 3.05 bits per heavy atom. The Labute approximate surface area is 115 Å². The van der Waals surface area contributed by atoms with Crippen LogP contribution in [0, 0.1) is 0 Å². The summed E-state index contributed by atoms with van der Waals surface area (Å²) in [5.74, 6) is 0.246. The third kappa shape index (κ3) is 3.60. The number of nitrogens with two attached hydrogens (primary N) is 1. The van der Waals surface area contributed by atoms with Gasteiger partial charge in [0, 0.05) is 36.9 Å². The van der Waals surface area contributed by atoms with E-state index in [2.05, 4.69) is 24.9 Å². The monoisotopic (exact) mass is 263 g/mol. The number of hydrogen-bond acceptors (Lipinski definition) is 2. The highest BCUT2D eigenvalue weighted by Gasteiger charge is 2.35. The Morgan fingerprint density at radius 1 is 1.58 bits per heavy atom. The number of aryl methyl sites for hydroxylation is 1. The fourth-order valence-electron chi connectivity index (χ4n) is 2.78. The van der Waals surface area contributed by atoms with E-state index >= 15 is 0 Å². The smallest absolute Gasteiger partial charge is 0.223 e. The summed E-state index contributed by atoms with van der Waals surface area (Å²) in [6.45, 7) is 4.99. The summed E-state index contributed by atoms with van der Waals surface area (Å²) in [4.78, 5) is 17.4. The lowest BCUT2D eigenvalue weighted by molar-refractivity contribution is -0.139. The first-order chi connectivity index (χ1) is 8.99. The Bertz CT molecular complexity index is 411. The van der Waals surface area contributed by atoms with Gasteiger partial charge in [-0.15, -0.1) is 0 Å². The standard InChI is InChI=1S/C15H25N3O/c1-15(2)8-6-13(16)11-18(15)14(19)5-3-4-12-7-9-17-10-12/h7,9-10,13,17H,3-6,8,11,16H2,1-2H3. The van der Waals surface area contributed by atoms with Crippen LogP contribution in [0.1, 0.15) is 45.1 Å². The quantitative estimate of drug-likeness (QED) is 0.873. The van der Waals surface area contributed by atoms with Crippen LogP contribution in [0.15, 0.2) is 18.5 Å². The van der Waals surface area contributed by atoms with Gasteiger partial charge in [0.1, 0.15) is 0 Å². The van der Waals surface area contributed by atoms with Gasteiger partial charge in [-0.2, -0.15) is 0 Å². The van der Waals surface area contributed by atoms with Gasteiger partial charge in [-0.3, -0.25) is 4.79 Å². The number of aromatic amines is 1. The molecule has 2 rings (SSSR count). The minimum atomic E-state index is -0.0406. The van der Waals surface area contributed by atoms with Crippen LogP contribution in [0.3, 0.4) is 0 Å². The first-order valence-electron chi connectivity index (χ1n) is 7.17. The predicted octanol–water partition coefficient (Wildman–Crippen LogP) is 2.07. The van der Waals surface area contributed by atoms with Crippen molar-refractivity contribution in [2.45, 2.75) is 57.5 Å². The zero-order valence-corrected chi connectivity index (χ0v) is 12.0. The van der Waals surface area contributed by atoms with E-state index in [0.717, 1.165) is 25.7 Å². The second-order valence-corrected chi connectivity index (χ2v) is 6.19. The molecule has 19 heavy (non-hydrogen) atoms. The first-order valence-corrected chi connectivity index (χ1v) is 7.17. The minimum absolute atomic E-state index is 0.0406. The van der Waals surface area contributed by atoms with Crippen LogP contribution in [0.2, 0.25) is 0 Å². The number of likely N-dealkylation sites (tertiary alicyclic amines) is 1. The third-order valence-electron chi connectivity index (χ3n) is 4.09. The molecule has 0 saturated carbocycles. The average molecular weight is 263 g/mol. The van der Waals surface area contributed by atoms with Crippen molar-refractivity contribution in [2.24, 2.45) is 5.73 Å². The number of amides is 1. The lowest BCUT2D eigenvalue weighted by Crippen LogP contribution is -2.56. The molecule has 1 aromatic heterocycles. The summed E-state index contributed by atoms with van der Waals surface area (Å²) in [6, 6.07) is 2.20. The van der Waals surface area contributed by atoms with Crippen molar-refractivity contribution in [2.75, 3.05) is 6.54 Å². The van der Waals surface area contributed by atoms with Gasteiger partial charge >= 0.3 is 0 Å². The van der Waals surface area contributed by atoms with E-state index in [1.165, 1.54) is 5.56 Å². The van der Waals surface area contributed by atoms with Gasteiger partial charge in [-0.05, 0) is 51.2 Å². The molecule has 4 nitrogen and oxygen atoms in total. The van der Waals surface area contributed by atoms with Crippen LogP contribution in [0.25, 0.3) is 0 Å². The Hall–Kier alpha value is -1.29. The van der Waals surface area contributed by atoms with E-state index in [4.69, 9.17) is 5.73 Å². The molecule has 1 amide bonds. The van der Waals surface area contributed by atoms with Crippen molar-refractivity contribution in [1.29, 1.82) is 0 Å². The lowest BCUT2D eigenvalue weighted by atomic mass is 9.88. The van der Waals surface area contributed by atoms with Crippen molar-refractivity contribution in [1.82, 2.24) is 9.88 Å². The maximum Gasteiger partial charge on any atom is 0.223 e. The predicted molar refractivity (Wildman–Crippen MR) is 76.7 cm³/mol. The van der Waals surface area contributed by atoms with Crippen molar-refractivity contribution < 1.29 is 4.79 Å². The molecule has 1 aromatic rings. The van der Waals surface area contributed by atoms with E-state index in [0.29, 0.717) is 13.0 Å². The number of nitrogens with zero attached hydrogens (tertiary/aromatic N) is 1. The average Bonchev–Trinajstić information content (AvgIpc) is 2.85. The lowest BCUT2D eigenvalue weighted by Gasteiger charge is -2.45. The molecule has 1 saturated heterocycles. The molecular weight excluding hydrogens is 238 g/mol. The number of nitrogens with one attached hydrogen (secondary N) is 1. The largest absolute Gasteiger partial charge is 0.367 e. The number of rotatable bonds is 4. The molecule has 1 unspecified atom stereocenters. The van der Waals surface area contributed by atoms with Crippen molar-refractivity contribution in [3.63, 3.8) is 0 Å². The maximum absolute atomic E-state index is 12.4. The van der Waals surface area contributed by atoms with Crippen molar-refractivity contribution in [3.8, 4) is 0 Å². The van der Waals surface area contributed by atoms with Crippen LogP contribution in [0.5, 0.6) is 0 Å². The highest BCUT2D eigenvalue weighted by atomic mass is 16.2. The van der Waals surface area contributed by atoms with Gasteiger partial charge in [0.05, 0.1) is 0 Å². The first kappa shape index (κ1) is 14.1. The third-order valence-corrected chi connectivity index (χ3v) is 4.09. The molecule has 4 heteroatoms. The van der Waals surface area contributed by atoms with Crippen LogP contribution in [-0.2, 0) is 11.2 Å². The molecular formula is C15H25N3O. The summed E-state index contributed by atoms with van der Waals surface area (Å²) in [6.07, 6.45) is 8.39. The number of H-pyrrole nitrogens is 1. The van der Waals surface area contributed by atoms with Crippen molar-refractivity contribution in [3.05, 3.63) is 24.0 Å². The molecule has 3 N–H and O–H groups in total. The molecule has 1 aliphatic heterocycles. The van der Waals surface area contributed by atoms with Gasteiger partial charge in [0.15, 0.2) is 0 Å². The molecule has 0 bridgehead atoms. The maximum atomic E-state index is 12.4. The highest BCUT2D eigenvalue weighted by molar-refractivity contribution is 5.77. The molecule has 0 aliphatic carbocycles. The fourth-order valence-corrected chi connectivity index (χ4v) is 2.78. The SMILES string of the molecule is CC1(C)CCC(N)CN1C(=O)CCCc1cc[nH]c1. The number of piperidine rings is 1. The van der Waals surface area contributed by atoms with Crippen LogP contribution >= 0.6 is 0 Å². The van der Waals surface area contributed by atoms with E-state index < -0.39 is 0 Å². The zero-order chi connectivity index (χ0) is 13.9. The summed E-state index contributed by atoms with van der Waals surface area (Å²) in [7, 11) is 0. The number of carbonyl (C=O) groups excluding carboxylic acids is 1. The van der Waals surface area contributed by atoms with Gasteiger partial charge in [0.25, 0.3) is 0 Å². The van der Waals surface area contributed by atoms with Gasteiger partial charge in [0.2, 0.25) is 5.91 Å². The summed E-state index contributed by atoms with van der Waals surface area (Å²) in [5, 5.41) is 0. The van der Waals surface area contributed by atoms with Crippen LogP contribution < -0.4 is 5.73 Å². The Morgan fingerprint density at radius 2 is 2.37 bits per heavy atom. The summed E-state index contributed by atoms with van der Waals surface area (Å²) in [5.41, 5.74) is 7.22. The molecule has 0 spiro atoms. The van der Waals surface area contributed by atoms with Crippen LogP contribution in [-0.4, -0.2) is 33.9 Å². The van der Waals surface area contributed by atoms with Crippen LogP contribution in [0.4, 0.5) is 0 Å². The topological polar surface area (TPSA) is 62.1 Å². The minimum Gasteiger partial charge on any atom is -0.367 e. The molecule has 1 aliphatic rings. The van der Waals surface area contributed by atoms with Gasteiger partial charge in [-0.25, -0.2) is 0 Å². The normalized spacial score (nSPS) is 22.5. The summed E-state index contributed by atoms with van der Waals surface area (Å²) >= 11 is 0. The molecule has 106 valence electrons. The molecule has 0 radical (unpaired) electrons. The number of hydrogen-bond donors (Lipinski definition) is 2. The van der Waals surface area contributed by atoms with E-state index in [-0.39, 0.29) is 17.5 Å². The zero-order valence-electron chi connectivity index (χ0n) is 12.0. The number of carbonyl (C=O) groups is 1. The second-order valence-electron chi connectivity index (χ2n) is 6.19. The van der Waals surface area contributed by atoms with Crippen molar-refractivity contribution >= 4 is 5.91 Å². The molecule has 1 atom stereocenters. The second kappa shape index (κ2) is 5.78. The Balaban J connectivity index is 1.84. The highest BCUT2D eigenvalue weighted by Crippen LogP contribution is 2.27. The fraction of sp³-hybridized carbons (Fsp3) is 0.667. The van der Waals surface area contributed by atoms with E-state index in [9.17, 15) is 4.79 Å². The van der Waals surface area contributed by atoms with E-state index in [1.807, 2.05) is 17.3 Å². The summed E-state index contributed by atoms with van der Waals surface area (Å²) < 4.78 is 0. The Kier molecular flexibility index (Phi) is 4.30. The van der Waals surface area contributed by atoms with Gasteiger partial charge in [-0.1, -0.05) is 0 Å².